The monoisotopic (exact) mass is 196 g/mol. The summed E-state index contributed by atoms with van der Waals surface area (Å²) in [6.45, 7) is 1.85. The minimum atomic E-state index is -1.81. The van der Waals surface area contributed by atoms with Crippen LogP contribution in [-0.2, 0) is 9.47 Å². The first-order chi connectivity index (χ1) is 5.90. The number of hydrogen-bond donors (Lipinski definition) is 3. The maximum Gasteiger partial charge on any atom is 0.516 e. The van der Waals surface area contributed by atoms with E-state index in [0.29, 0.717) is 0 Å². The average Bonchev–Trinajstić information content (AvgIpc) is 1.83. The first kappa shape index (κ1) is 13.6. The van der Waals surface area contributed by atoms with Gasteiger partial charge in [0.15, 0.2) is 0 Å². The van der Waals surface area contributed by atoms with Gasteiger partial charge in [0, 0.05) is 0 Å². The maximum atomic E-state index is 9.38. The Hall–Kier alpha value is -1.99. The van der Waals surface area contributed by atoms with Crippen molar-refractivity contribution in [2.75, 3.05) is 6.61 Å². The lowest BCUT2D eigenvalue weighted by Crippen LogP contribution is -2.05. The number of ether oxygens (including phenoxy) is 2. The molecule has 0 amide bonds. The van der Waals surface area contributed by atoms with Crippen LogP contribution in [0.15, 0.2) is 0 Å². The molecule has 76 valence electrons. The summed E-state index contributed by atoms with van der Waals surface area (Å²) in [6, 6.07) is 0. The van der Waals surface area contributed by atoms with Gasteiger partial charge in [-0.05, 0) is 6.92 Å². The molecule has 13 heavy (non-hydrogen) atoms. The smallest absolute Gasteiger partial charge is 0.450 e. The maximum absolute atomic E-state index is 9.38. The number of hydrogen-bond acceptors (Lipinski definition) is 5. The van der Waals surface area contributed by atoms with E-state index in [1.54, 1.807) is 6.92 Å². The van der Waals surface area contributed by atoms with Gasteiger partial charge in [0.05, 0.1) is 6.61 Å². The second-order valence-electron chi connectivity index (χ2n) is 1.33. The van der Waals surface area contributed by atoms with Gasteiger partial charge in [-0.2, -0.15) is 0 Å². The summed E-state index contributed by atoms with van der Waals surface area (Å²) in [5.74, 6) is 0. The van der Waals surface area contributed by atoms with Gasteiger partial charge in [0.25, 0.3) is 0 Å². The molecule has 0 unspecified atom stereocenters. The number of carbonyl (C=O) groups is 3. The van der Waals surface area contributed by atoms with E-state index in [-0.39, 0.29) is 6.61 Å². The van der Waals surface area contributed by atoms with Crippen molar-refractivity contribution in [2.45, 2.75) is 6.92 Å². The standard InChI is InChI=1S/C3H6O3.C2H2O5/c1-2-6-3(4)5;3-1(4)7-2(5)6/h2H2,1H3,(H,4,5);(H,3,4)(H,5,6). The predicted molar refractivity (Wildman–Crippen MR) is 36.8 cm³/mol. The van der Waals surface area contributed by atoms with Crippen LogP contribution in [0.4, 0.5) is 14.4 Å². The largest absolute Gasteiger partial charge is 0.516 e. The zero-order valence-electron chi connectivity index (χ0n) is 6.59. The van der Waals surface area contributed by atoms with Gasteiger partial charge in [0.1, 0.15) is 0 Å². The Balaban J connectivity index is 0. The Bertz CT molecular complexity index is 173. The minimum absolute atomic E-state index is 0.231. The molecule has 0 saturated heterocycles. The zero-order valence-corrected chi connectivity index (χ0v) is 6.59. The predicted octanol–water partition coefficient (Wildman–Crippen LogP) is 1.06. The van der Waals surface area contributed by atoms with Crippen molar-refractivity contribution in [2.24, 2.45) is 0 Å². The summed E-state index contributed by atoms with van der Waals surface area (Å²) in [4.78, 5) is 27.8. The van der Waals surface area contributed by atoms with Crippen LogP contribution in [-0.4, -0.2) is 40.4 Å². The van der Waals surface area contributed by atoms with Gasteiger partial charge < -0.3 is 24.8 Å². The molecule has 0 radical (unpaired) electrons. The van der Waals surface area contributed by atoms with E-state index >= 15 is 0 Å². The molecule has 0 aromatic heterocycles. The van der Waals surface area contributed by atoms with Gasteiger partial charge in [-0.15, -0.1) is 0 Å². The van der Waals surface area contributed by atoms with Gasteiger partial charge in [0.2, 0.25) is 0 Å². The highest BCUT2D eigenvalue weighted by Gasteiger charge is 2.01. The topological polar surface area (TPSA) is 130 Å². The van der Waals surface area contributed by atoms with Crippen molar-refractivity contribution in [3.05, 3.63) is 0 Å². The van der Waals surface area contributed by atoms with Crippen molar-refractivity contribution in [1.29, 1.82) is 0 Å². The van der Waals surface area contributed by atoms with Crippen LogP contribution >= 0.6 is 0 Å². The summed E-state index contributed by atoms with van der Waals surface area (Å²) in [5.41, 5.74) is 0. The Morgan fingerprint density at radius 1 is 1.00 bits per heavy atom. The fourth-order valence-electron chi connectivity index (χ4n) is 0.198. The molecular weight excluding hydrogens is 188 g/mol. The summed E-state index contributed by atoms with van der Waals surface area (Å²) in [5, 5.41) is 22.7. The molecule has 8 nitrogen and oxygen atoms in total. The second-order valence-corrected chi connectivity index (χ2v) is 1.33. The Morgan fingerprint density at radius 3 is 1.38 bits per heavy atom. The van der Waals surface area contributed by atoms with Gasteiger partial charge in [-0.1, -0.05) is 0 Å². The highest BCUT2D eigenvalue weighted by molar-refractivity contribution is 5.74. The SMILES string of the molecule is CCOC(=O)O.O=C(O)OC(=O)O. The lowest BCUT2D eigenvalue weighted by Gasteiger charge is -1.87. The van der Waals surface area contributed by atoms with Crippen molar-refractivity contribution in [3.63, 3.8) is 0 Å². The van der Waals surface area contributed by atoms with E-state index in [0.717, 1.165) is 0 Å². The van der Waals surface area contributed by atoms with Crippen LogP contribution in [0.5, 0.6) is 0 Å². The van der Waals surface area contributed by atoms with Crippen LogP contribution in [0.1, 0.15) is 6.92 Å². The van der Waals surface area contributed by atoms with Gasteiger partial charge in [-0.3, -0.25) is 0 Å². The Kier molecular flexibility index (Phi) is 8.48. The molecule has 0 aliphatic carbocycles. The third-order valence-electron chi connectivity index (χ3n) is 0.442. The van der Waals surface area contributed by atoms with Gasteiger partial charge in [-0.25, -0.2) is 14.4 Å². The molecule has 0 saturated carbocycles. The highest BCUT2D eigenvalue weighted by atomic mass is 16.7. The van der Waals surface area contributed by atoms with E-state index in [2.05, 4.69) is 9.47 Å². The summed E-state index contributed by atoms with van der Waals surface area (Å²) in [6.07, 6.45) is -4.84. The van der Waals surface area contributed by atoms with Gasteiger partial charge >= 0.3 is 18.5 Å². The van der Waals surface area contributed by atoms with Crippen molar-refractivity contribution >= 4 is 18.5 Å². The first-order valence-electron chi connectivity index (χ1n) is 2.89. The molecular formula is C5H8O8. The normalized spacial score (nSPS) is 7.46. The van der Waals surface area contributed by atoms with Crippen LogP contribution in [0, 0.1) is 0 Å². The molecule has 3 N–H and O–H groups in total. The first-order valence-corrected chi connectivity index (χ1v) is 2.89. The number of rotatable bonds is 1. The van der Waals surface area contributed by atoms with E-state index < -0.39 is 18.5 Å². The molecule has 0 rings (SSSR count). The van der Waals surface area contributed by atoms with Crippen LogP contribution in [0.2, 0.25) is 0 Å². The molecule has 0 bridgehead atoms. The Labute approximate surface area is 72.3 Å². The molecule has 0 aromatic rings. The van der Waals surface area contributed by atoms with E-state index in [9.17, 15) is 14.4 Å². The molecule has 0 spiro atoms. The van der Waals surface area contributed by atoms with Crippen LogP contribution in [0.3, 0.4) is 0 Å². The lowest BCUT2D eigenvalue weighted by molar-refractivity contribution is 0.0800. The van der Waals surface area contributed by atoms with E-state index in [1.165, 1.54) is 0 Å². The fraction of sp³-hybridized carbons (Fsp3) is 0.400. The van der Waals surface area contributed by atoms with Crippen molar-refractivity contribution < 1.29 is 39.2 Å². The molecule has 0 aliphatic heterocycles. The Morgan fingerprint density at radius 2 is 1.38 bits per heavy atom. The summed E-state index contributed by atoms with van der Waals surface area (Å²) < 4.78 is 7.04. The molecule has 0 fully saturated rings. The fourth-order valence-corrected chi connectivity index (χ4v) is 0.198. The quantitative estimate of drug-likeness (QED) is 0.419. The highest BCUT2D eigenvalue weighted by Crippen LogP contribution is 1.73. The molecule has 0 aliphatic rings. The second kappa shape index (κ2) is 8.11. The van der Waals surface area contributed by atoms with E-state index in [1.807, 2.05) is 0 Å². The third kappa shape index (κ3) is 25.6. The summed E-state index contributed by atoms with van der Waals surface area (Å²) in [7, 11) is 0. The average molecular weight is 196 g/mol. The van der Waals surface area contributed by atoms with Crippen molar-refractivity contribution in [1.82, 2.24) is 0 Å². The minimum Gasteiger partial charge on any atom is -0.450 e. The molecule has 0 atom stereocenters. The third-order valence-corrected chi connectivity index (χ3v) is 0.442. The van der Waals surface area contributed by atoms with E-state index in [4.69, 9.17) is 15.3 Å². The van der Waals surface area contributed by atoms with Crippen LogP contribution in [0.25, 0.3) is 0 Å². The molecule has 8 heteroatoms. The summed E-state index contributed by atoms with van der Waals surface area (Å²) >= 11 is 0. The number of carboxylic acid groups (broad SMARTS) is 3. The molecule has 0 heterocycles. The zero-order chi connectivity index (χ0) is 10.9. The van der Waals surface area contributed by atoms with Crippen molar-refractivity contribution in [3.8, 4) is 0 Å². The lowest BCUT2D eigenvalue weighted by atomic mass is 10.9. The van der Waals surface area contributed by atoms with Crippen LogP contribution < -0.4 is 0 Å². The molecule has 0 aromatic carbocycles.